The maximum absolute atomic E-state index is 10.8. The molecule has 2 nitrogen and oxygen atoms in total. The molecule has 0 aromatic rings. The highest BCUT2D eigenvalue weighted by atomic mass is 16.1. The molecule has 0 heterocycles. The Kier molecular flexibility index (Phi) is 10.8. The van der Waals surface area contributed by atoms with Gasteiger partial charge in [-0.25, -0.2) is 0 Å². The van der Waals surface area contributed by atoms with Crippen molar-refractivity contribution in [1.29, 1.82) is 0 Å². The maximum atomic E-state index is 10.8. The van der Waals surface area contributed by atoms with E-state index in [2.05, 4.69) is 35.9 Å². The van der Waals surface area contributed by atoms with Crippen LogP contribution in [-0.4, -0.2) is 13.0 Å². The van der Waals surface area contributed by atoms with Crippen LogP contribution in [-0.2, 0) is 4.79 Å². The van der Waals surface area contributed by atoms with Gasteiger partial charge >= 0.3 is 0 Å². The van der Waals surface area contributed by atoms with Crippen molar-refractivity contribution in [3.63, 3.8) is 0 Å². The summed E-state index contributed by atoms with van der Waals surface area (Å²) in [6, 6.07) is 0. The Morgan fingerprint density at radius 2 is 1.88 bits per heavy atom. The van der Waals surface area contributed by atoms with Crippen molar-refractivity contribution in [2.45, 2.75) is 32.6 Å². The molecule has 0 spiro atoms. The molecular formula is C15H19NO. The standard InChI is InChI=1S/C15H19NO/c1-3-4-5-6-7-8-9-10-11-12-13-14-15(17)16-2/h11-14H,3-4,9-10H2,1-2H3,(H,16,17). The second kappa shape index (κ2) is 12.1. The predicted molar refractivity (Wildman–Crippen MR) is 72.0 cm³/mol. The summed E-state index contributed by atoms with van der Waals surface area (Å²) < 4.78 is 0. The van der Waals surface area contributed by atoms with Gasteiger partial charge in [0.25, 0.3) is 0 Å². The molecule has 0 rings (SSSR count). The molecular weight excluding hydrogens is 210 g/mol. The number of carbonyl (C=O) groups excluding carboxylic acids is 1. The van der Waals surface area contributed by atoms with E-state index in [1.54, 1.807) is 13.1 Å². The van der Waals surface area contributed by atoms with Crippen LogP contribution >= 0.6 is 0 Å². The first kappa shape index (κ1) is 15.1. The zero-order valence-electron chi connectivity index (χ0n) is 10.5. The fourth-order valence-corrected chi connectivity index (χ4v) is 0.895. The van der Waals surface area contributed by atoms with Crippen LogP contribution in [0.2, 0.25) is 0 Å². The van der Waals surface area contributed by atoms with E-state index < -0.39 is 0 Å². The monoisotopic (exact) mass is 229 g/mol. The van der Waals surface area contributed by atoms with Crippen LogP contribution in [0.15, 0.2) is 24.3 Å². The Morgan fingerprint density at radius 3 is 2.53 bits per heavy atom. The Hall–Kier alpha value is -1.93. The van der Waals surface area contributed by atoms with Gasteiger partial charge in [0.15, 0.2) is 0 Å². The molecule has 1 N–H and O–H groups in total. The van der Waals surface area contributed by atoms with Gasteiger partial charge in [-0.15, -0.1) is 0 Å². The van der Waals surface area contributed by atoms with E-state index in [1.807, 2.05) is 12.2 Å². The van der Waals surface area contributed by atoms with Crippen molar-refractivity contribution in [2.24, 2.45) is 0 Å². The molecule has 0 saturated carbocycles. The molecule has 0 aliphatic rings. The number of hydrogen-bond acceptors (Lipinski definition) is 1. The van der Waals surface area contributed by atoms with Gasteiger partial charge in [-0.1, -0.05) is 37.0 Å². The SMILES string of the molecule is CCCC#CC#CCCC=CC=CC(=O)NC. The first-order valence-corrected chi connectivity index (χ1v) is 5.82. The van der Waals surface area contributed by atoms with Crippen LogP contribution in [0.4, 0.5) is 0 Å². The molecule has 0 aliphatic carbocycles. The first-order chi connectivity index (χ1) is 8.31. The predicted octanol–water partition coefficient (Wildman–Crippen LogP) is 2.43. The molecule has 0 saturated heterocycles. The van der Waals surface area contributed by atoms with Crippen molar-refractivity contribution in [3.05, 3.63) is 24.3 Å². The number of carbonyl (C=O) groups is 1. The zero-order chi connectivity index (χ0) is 12.8. The molecule has 1 amide bonds. The number of allylic oxidation sites excluding steroid dienone is 3. The van der Waals surface area contributed by atoms with Crippen molar-refractivity contribution in [2.75, 3.05) is 7.05 Å². The van der Waals surface area contributed by atoms with Crippen LogP contribution < -0.4 is 5.32 Å². The Morgan fingerprint density at radius 1 is 1.18 bits per heavy atom. The van der Waals surface area contributed by atoms with Crippen molar-refractivity contribution < 1.29 is 4.79 Å². The van der Waals surface area contributed by atoms with Gasteiger partial charge in [-0.3, -0.25) is 4.79 Å². The highest BCUT2D eigenvalue weighted by Crippen LogP contribution is 1.89. The van der Waals surface area contributed by atoms with Crippen LogP contribution in [0.3, 0.4) is 0 Å². The quantitative estimate of drug-likeness (QED) is 0.333. The molecule has 0 aromatic heterocycles. The van der Waals surface area contributed by atoms with Gasteiger partial charge in [0.05, 0.1) is 0 Å². The number of likely N-dealkylation sites (N-methyl/N-ethyl adjacent to an activating group) is 1. The second-order valence-electron chi connectivity index (χ2n) is 3.29. The maximum Gasteiger partial charge on any atom is 0.243 e. The van der Waals surface area contributed by atoms with Crippen LogP contribution in [0.5, 0.6) is 0 Å². The van der Waals surface area contributed by atoms with Gasteiger partial charge in [0.1, 0.15) is 0 Å². The molecule has 0 bridgehead atoms. The van der Waals surface area contributed by atoms with Crippen LogP contribution in [0, 0.1) is 23.7 Å². The van der Waals surface area contributed by atoms with E-state index in [1.165, 1.54) is 6.08 Å². The van der Waals surface area contributed by atoms with E-state index in [9.17, 15) is 4.79 Å². The molecule has 2 heteroatoms. The summed E-state index contributed by atoms with van der Waals surface area (Å²) >= 11 is 0. The fourth-order valence-electron chi connectivity index (χ4n) is 0.895. The normalized spacial score (nSPS) is 9.53. The lowest BCUT2D eigenvalue weighted by atomic mass is 10.3. The lowest BCUT2D eigenvalue weighted by Gasteiger charge is -1.86. The van der Waals surface area contributed by atoms with Gasteiger partial charge in [0, 0.05) is 26.0 Å². The van der Waals surface area contributed by atoms with Crippen molar-refractivity contribution in [3.8, 4) is 23.7 Å². The summed E-state index contributed by atoms with van der Waals surface area (Å²) in [6.45, 7) is 2.10. The molecule has 0 aromatic carbocycles. The third-order valence-corrected chi connectivity index (χ3v) is 1.79. The smallest absolute Gasteiger partial charge is 0.243 e. The summed E-state index contributed by atoms with van der Waals surface area (Å²) in [5.74, 6) is 11.5. The highest BCUT2D eigenvalue weighted by Gasteiger charge is 1.83. The molecule has 0 radical (unpaired) electrons. The summed E-state index contributed by atoms with van der Waals surface area (Å²) in [7, 11) is 1.60. The van der Waals surface area contributed by atoms with Crippen LogP contribution in [0.25, 0.3) is 0 Å². The minimum Gasteiger partial charge on any atom is -0.356 e. The topological polar surface area (TPSA) is 29.1 Å². The van der Waals surface area contributed by atoms with Crippen molar-refractivity contribution >= 4 is 5.91 Å². The third-order valence-electron chi connectivity index (χ3n) is 1.79. The summed E-state index contributed by atoms with van der Waals surface area (Å²) in [5, 5.41) is 2.50. The Bertz CT molecular complexity index is 383. The Labute approximate surface area is 104 Å². The first-order valence-electron chi connectivity index (χ1n) is 5.82. The molecule has 90 valence electrons. The largest absolute Gasteiger partial charge is 0.356 e. The summed E-state index contributed by atoms with van der Waals surface area (Å²) in [6.07, 6.45) is 10.7. The average Bonchev–Trinajstić information content (AvgIpc) is 2.35. The number of unbranched alkanes of at least 4 members (excludes halogenated alkanes) is 2. The lowest BCUT2D eigenvalue weighted by molar-refractivity contribution is -0.116. The lowest BCUT2D eigenvalue weighted by Crippen LogP contribution is -2.13. The molecule has 0 fully saturated rings. The van der Waals surface area contributed by atoms with Gasteiger partial charge in [-0.05, 0) is 24.7 Å². The number of amides is 1. The highest BCUT2D eigenvalue weighted by molar-refractivity contribution is 5.87. The zero-order valence-corrected chi connectivity index (χ0v) is 10.5. The molecule has 0 unspecified atom stereocenters. The van der Waals surface area contributed by atoms with E-state index in [0.29, 0.717) is 0 Å². The van der Waals surface area contributed by atoms with Gasteiger partial charge < -0.3 is 5.32 Å². The third kappa shape index (κ3) is 12.0. The van der Waals surface area contributed by atoms with Gasteiger partial charge in [0.2, 0.25) is 5.91 Å². The van der Waals surface area contributed by atoms with E-state index in [0.717, 1.165) is 25.7 Å². The fraction of sp³-hybridized carbons (Fsp3) is 0.400. The van der Waals surface area contributed by atoms with Crippen molar-refractivity contribution in [1.82, 2.24) is 5.32 Å². The molecule has 0 aliphatic heterocycles. The number of nitrogens with one attached hydrogen (secondary N) is 1. The molecule has 17 heavy (non-hydrogen) atoms. The van der Waals surface area contributed by atoms with E-state index in [4.69, 9.17) is 0 Å². The molecule has 0 atom stereocenters. The summed E-state index contributed by atoms with van der Waals surface area (Å²) in [5.41, 5.74) is 0. The van der Waals surface area contributed by atoms with E-state index >= 15 is 0 Å². The second-order valence-corrected chi connectivity index (χ2v) is 3.29. The number of rotatable bonds is 5. The van der Waals surface area contributed by atoms with E-state index in [-0.39, 0.29) is 5.91 Å². The average molecular weight is 229 g/mol. The number of hydrogen-bond donors (Lipinski definition) is 1. The Balaban J connectivity index is 3.65. The summed E-state index contributed by atoms with van der Waals surface area (Å²) in [4.78, 5) is 10.8. The van der Waals surface area contributed by atoms with Crippen LogP contribution in [0.1, 0.15) is 32.6 Å². The minimum absolute atomic E-state index is 0.0966. The van der Waals surface area contributed by atoms with Gasteiger partial charge in [-0.2, -0.15) is 0 Å². The minimum atomic E-state index is -0.0966.